The van der Waals surface area contributed by atoms with Gasteiger partial charge in [0.2, 0.25) is 0 Å². The standard InChI is InChI=1S/C77H72N2/c1-13-23-60-62-42-30-50(46-70(62)76(9,10)68(60)14-2)72-64-44-40-58(78(54-24-17-15-18-25-54)56-36-32-52(33-37-56)74(3,4)5)48-66(64)73(51-31-43-63-61-28-21-22-29-69(61)77(11,12)71(63)47-51)67-49-59(41-45-65(67)72)79(55-26-19-16-20-27-55)57-38-34-53(35-39-57)75(6,7)8/h13-49H,2H2,1,3-12H3. The molecule has 10 aromatic carbocycles. The average Bonchev–Trinajstić information content (AvgIpc) is 3.93. The van der Waals surface area contributed by atoms with Gasteiger partial charge in [0.25, 0.3) is 0 Å². The summed E-state index contributed by atoms with van der Waals surface area (Å²) in [4.78, 5) is 4.86. The van der Waals surface area contributed by atoms with Gasteiger partial charge in [-0.15, -0.1) is 0 Å². The number of anilines is 6. The summed E-state index contributed by atoms with van der Waals surface area (Å²) >= 11 is 0. The Bertz CT molecular complexity index is 3920. The third-order valence-electron chi connectivity index (χ3n) is 17.3. The van der Waals surface area contributed by atoms with Gasteiger partial charge >= 0.3 is 0 Å². The average molecular weight is 1030 g/mol. The molecular formula is C77H72N2. The Morgan fingerprint density at radius 1 is 0.380 bits per heavy atom. The molecule has 390 valence electrons. The molecule has 0 atom stereocenters. The Labute approximate surface area is 469 Å². The molecule has 0 fully saturated rings. The van der Waals surface area contributed by atoms with Crippen molar-refractivity contribution in [2.24, 2.45) is 0 Å². The Morgan fingerprint density at radius 3 is 1.25 bits per heavy atom. The molecule has 0 heterocycles. The van der Waals surface area contributed by atoms with Crippen LogP contribution in [0.25, 0.3) is 60.5 Å². The van der Waals surface area contributed by atoms with Gasteiger partial charge in [-0.25, -0.2) is 0 Å². The van der Waals surface area contributed by atoms with Gasteiger partial charge in [-0.3, -0.25) is 0 Å². The van der Waals surface area contributed by atoms with E-state index >= 15 is 0 Å². The first-order valence-corrected chi connectivity index (χ1v) is 28.2. The molecule has 0 aromatic heterocycles. The zero-order valence-electron chi connectivity index (χ0n) is 48.0. The molecule has 10 aromatic rings. The number of benzene rings is 10. The molecule has 0 radical (unpaired) electrons. The lowest BCUT2D eigenvalue weighted by Gasteiger charge is -2.29. The van der Waals surface area contributed by atoms with E-state index in [-0.39, 0.29) is 21.7 Å². The number of para-hydroxylation sites is 2. The van der Waals surface area contributed by atoms with E-state index in [1.165, 1.54) is 99.5 Å². The Balaban J connectivity index is 1.20. The summed E-state index contributed by atoms with van der Waals surface area (Å²) in [5, 5.41) is 4.80. The molecule has 2 aliphatic carbocycles. The van der Waals surface area contributed by atoms with Crippen LogP contribution in [-0.4, -0.2) is 0 Å². The summed E-state index contributed by atoms with van der Waals surface area (Å²) in [5.41, 5.74) is 24.1. The normalized spacial score (nSPS) is 14.4. The van der Waals surface area contributed by atoms with Crippen molar-refractivity contribution in [2.75, 3.05) is 9.80 Å². The van der Waals surface area contributed by atoms with Crippen LogP contribution in [-0.2, 0) is 21.7 Å². The first kappa shape index (κ1) is 51.3. The minimum Gasteiger partial charge on any atom is -0.310 e. The third-order valence-corrected chi connectivity index (χ3v) is 17.3. The highest BCUT2D eigenvalue weighted by Crippen LogP contribution is 2.54. The van der Waals surface area contributed by atoms with Crippen molar-refractivity contribution in [3.05, 3.63) is 270 Å². The molecule has 0 aliphatic heterocycles. The zero-order chi connectivity index (χ0) is 55.2. The fourth-order valence-corrected chi connectivity index (χ4v) is 13.0. The van der Waals surface area contributed by atoms with Gasteiger partial charge in [0.05, 0.1) is 0 Å². The molecular weight excluding hydrogens is 953 g/mol. The highest BCUT2D eigenvalue weighted by atomic mass is 15.1. The van der Waals surface area contributed by atoms with Crippen molar-refractivity contribution in [3.8, 4) is 33.4 Å². The van der Waals surface area contributed by atoms with Crippen LogP contribution in [0, 0.1) is 0 Å². The van der Waals surface area contributed by atoms with E-state index in [4.69, 9.17) is 0 Å². The number of fused-ring (bicyclic) bond motifs is 6. The predicted molar refractivity (Wildman–Crippen MR) is 342 cm³/mol. The van der Waals surface area contributed by atoms with Gasteiger partial charge in [0, 0.05) is 45.0 Å². The van der Waals surface area contributed by atoms with Crippen molar-refractivity contribution in [1.29, 1.82) is 0 Å². The number of hydrogen-bond donors (Lipinski definition) is 0. The largest absolute Gasteiger partial charge is 0.310 e. The molecule has 0 saturated heterocycles. The Kier molecular flexibility index (Phi) is 12.5. The molecule has 2 heteroatoms. The Morgan fingerprint density at radius 2 is 0.785 bits per heavy atom. The monoisotopic (exact) mass is 1020 g/mol. The van der Waals surface area contributed by atoms with Gasteiger partial charge in [-0.2, -0.15) is 0 Å². The lowest BCUT2D eigenvalue weighted by molar-refractivity contribution is 0.590. The second-order valence-electron chi connectivity index (χ2n) is 25.0. The van der Waals surface area contributed by atoms with Crippen molar-refractivity contribution in [3.63, 3.8) is 0 Å². The molecule has 0 saturated carbocycles. The van der Waals surface area contributed by atoms with Crippen molar-refractivity contribution in [1.82, 2.24) is 0 Å². The second kappa shape index (κ2) is 19.2. The lowest BCUT2D eigenvalue weighted by Crippen LogP contribution is -2.16. The summed E-state index contributed by atoms with van der Waals surface area (Å²) in [5.74, 6) is 0. The van der Waals surface area contributed by atoms with Gasteiger partial charge in [0.1, 0.15) is 0 Å². The summed E-state index contributed by atoms with van der Waals surface area (Å²) in [6.07, 6.45) is 6.48. The third kappa shape index (κ3) is 8.65. The fraction of sp³-hybridized carbons (Fsp3) is 0.195. The van der Waals surface area contributed by atoms with Crippen LogP contribution in [0.15, 0.2) is 237 Å². The molecule has 12 rings (SSSR count). The number of nitrogens with zero attached hydrogens (tertiary/aromatic N) is 2. The first-order valence-electron chi connectivity index (χ1n) is 28.2. The number of hydrogen-bond acceptors (Lipinski definition) is 2. The summed E-state index contributed by atoms with van der Waals surface area (Å²) in [7, 11) is 0. The molecule has 2 aliphatic rings. The molecule has 0 spiro atoms. The van der Waals surface area contributed by atoms with Gasteiger partial charge in [-0.1, -0.05) is 215 Å². The van der Waals surface area contributed by atoms with E-state index in [2.05, 4.69) is 317 Å². The van der Waals surface area contributed by atoms with E-state index in [9.17, 15) is 0 Å². The van der Waals surface area contributed by atoms with Crippen LogP contribution < -0.4 is 9.80 Å². The summed E-state index contributed by atoms with van der Waals surface area (Å²) in [6, 6.07) is 78.1. The predicted octanol–water partition coefficient (Wildman–Crippen LogP) is 22.0. The first-order chi connectivity index (χ1) is 37.9. The Hall–Kier alpha value is -8.46. The van der Waals surface area contributed by atoms with Crippen molar-refractivity contribution >= 4 is 61.2 Å². The molecule has 2 nitrogen and oxygen atoms in total. The van der Waals surface area contributed by atoms with Crippen molar-refractivity contribution < 1.29 is 0 Å². The van der Waals surface area contributed by atoms with Crippen LogP contribution in [0.4, 0.5) is 34.1 Å². The fourth-order valence-electron chi connectivity index (χ4n) is 13.0. The van der Waals surface area contributed by atoms with Crippen LogP contribution in [0.3, 0.4) is 0 Å². The molecule has 0 amide bonds. The second-order valence-corrected chi connectivity index (χ2v) is 25.0. The maximum atomic E-state index is 4.36. The zero-order valence-corrected chi connectivity index (χ0v) is 48.0. The maximum Gasteiger partial charge on any atom is 0.0468 e. The summed E-state index contributed by atoms with van der Waals surface area (Å²) < 4.78 is 0. The van der Waals surface area contributed by atoms with Crippen LogP contribution in [0.1, 0.15) is 110 Å². The number of rotatable bonds is 10. The highest BCUT2D eigenvalue weighted by Gasteiger charge is 2.38. The smallest absolute Gasteiger partial charge is 0.0468 e. The van der Waals surface area contributed by atoms with E-state index in [0.717, 1.165) is 34.1 Å². The molecule has 0 N–H and O–H groups in total. The van der Waals surface area contributed by atoms with Gasteiger partial charge in [-0.05, 0) is 202 Å². The van der Waals surface area contributed by atoms with Crippen LogP contribution in [0.2, 0.25) is 0 Å². The van der Waals surface area contributed by atoms with Crippen LogP contribution >= 0.6 is 0 Å². The minimum atomic E-state index is -0.250. The van der Waals surface area contributed by atoms with E-state index in [0.29, 0.717) is 0 Å². The van der Waals surface area contributed by atoms with E-state index < -0.39 is 0 Å². The minimum absolute atomic E-state index is 0.0202. The molecule has 79 heavy (non-hydrogen) atoms. The van der Waals surface area contributed by atoms with Gasteiger partial charge in [0.15, 0.2) is 0 Å². The van der Waals surface area contributed by atoms with E-state index in [1.807, 2.05) is 0 Å². The van der Waals surface area contributed by atoms with Crippen LogP contribution in [0.5, 0.6) is 0 Å². The summed E-state index contributed by atoms with van der Waals surface area (Å²) in [6.45, 7) is 29.7. The maximum absolute atomic E-state index is 4.36. The van der Waals surface area contributed by atoms with E-state index in [1.54, 1.807) is 0 Å². The van der Waals surface area contributed by atoms with Crippen molar-refractivity contribution in [2.45, 2.75) is 97.8 Å². The molecule has 0 bridgehead atoms. The van der Waals surface area contributed by atoms with Gasteiger partial charge < -0.3 is 9.80 Å². The molecule has 0 unspecified atom stereocenters. The quantitative estimate of drug-likeness (QED) is 0.126. The number of allylic oxidation sites excluding steroid dienone is 5. The SMILES string of the molecule is C=CC1=C(C=CC)c2ccc(-c3c4ccc(N(c5ccccc5)c5ccc(C(C)(C)C)cc5)cc4c(-c4ccc5c(c4)C(C)(C)c4ccccc4-5)c4cc(N(c5ccccc5)c5ccc(C(C)(C)C)cc5)ccc34)cc2C1(C)C. The lowest BCUT2D eigenvalue weighted by atomic mass is 9.79. The highest BCUT2D eigenvalue weighted by molar-refractivity contribution is 6.23. The topological polar surface area (TPSA) is 6.48 Å².